The van der Waals surface area contributed by atoms with Crippen LogP contribution < -0.4 is 5.32 Å². The van der Waals surface area contributed by atoms with E-state index in [2.05, 4.69) is 20.3 Å². The minimum Gasteiger partial charge on any atom is -0.468 e. The first-order chi connectivity index (χ1) is 9.20. The molecule has 1 N–H and O–H groups in total. The van der Waals surface area contributed by atoms with E-state index in [0.29, 0.717) is 0 Å². The molecule has 0 spiro atoms. The Labute approximate surface area is 109 Å². The highest BCUT2D eigenvalue weighted by atomic mass is 16.5. The van der Waals surface area contributed by atoms with E-state index in [9.17, 15) is 9.59 Å². The maximum atomic E-state index is 11.7. The summed E-state index contributed by atoms with van der Waals surface area (Å²) in [5.74, 6) is -1.00. The number of carbonyl (C=O) groups is 2. The molecule has 98 valence electrons. The third kappa shape index (κ3) is 3.15. The molecule has 2 rings (SSSR count). The average molecular weight is 260 g/mol. The molecule has 19 heavy (non-hydrogen) atoms. The Kier molecular flexibility index (Phi) is 3.87. The Morgan fingerprint density at radius 1 is 1.32 bits per heavy atom. The zero-order valence-corrected chi connectivity index (χ0v) is 10.2. The molecule has 1 heterocycles. The van der Waals surface area contributed by atoms with Gasteiger partial charge in [0.1, 0.15) is 6.54 Å². The van der Waals surface area contributed by atoms with Crippen molar-refractivity contribution in [2.45, 2.75) is 0 Å². The Morgan fingerprint density at radius 3 is 2.74 bits per heavy atom. The molecule has 0 radical (unpaired) electrons. The lowest BCUT2D eigenvalue weighted by atomic mass is 10.3. The lowest BCUT2D eigenvalue weighted by molar-refractivity contribution is -0.139. The number of para-hydroxylation sites is 1. The first-order valence-corrected chi connectivity index (χ1v) is 5.53. The highest BCUT2D eigenvalue weighted by Crippen LogP contribution is 2.03. The van der Waals surface area contributed by atoms with Crippen molar-refractivity contribution in [3.8, 4) is 5.69 Å². The predicted octanol–water partition coefficient (Wildman–Crippen LogP) is 0.170. The summed E-state index contributed by atoms with van der Waals surface area (Å²) in [5.41, 5.74) is 0.877. The van der Waals surface area contributed by atoms with Gasteiger partial charge in [0.25, 0.3) is 5.91 Å². The molecular weight excluding hydrogens is 248 g/mol. The summed E-state index contributed by atoms with van der Waals surface area (Å²) in [6.45, 7) is -0.201. The van der Waals surface area contributed by atoms with E-state index in [4.69, 9.17) is 0 Å². The van der Waals surface area contributed by atoms with Gasteiger partial charge in [0.05, 0.1) is 19.0 Å². The topological polar surface area (TPSA) is 86.1 Å². The van der Waals surface area contributed by atoms with Gasteiger partial charge < -0.3 is 10.1 Å². The fourth-order valence-electron chi connectivity index (χ4n) is 1.37. The van der Waals surface area contributed by atoms with Gasteiger partial charge in [0.2, 0.25) is 0 Å². The van der Waals surface area contributed by atoms with Crippen LogP contribution >= 0.6 is 0 Å². The summed E-state index contributed by atoms with van der Waals surface area (Å²) in [6, 6.07) is 9.19. The Hall–Kier alpha value is -2.70. The van der Waals surface area contributed by atoms with Crippen molar-refractivity contribution in [3.05, 3.63) is 42.2 Å². The number of carbonyl (C=O) groups excluding carboxylic acids is 2. The van der Waals surface area contributed by atoms with Gasteiger partial charge in [-0.25, -0.2) is 0 Å². The second-order valence-corrected chi connectivity index (χ2v) is 3.61. The van der Waals surface area contributed by atoms with Crippen LogP contribution in [0.2, 0.25) is 0 Å². The van der Waals surface area contributed by atoms with E-state index in [0.717, 1.165) is 5.69 Å². The van der Waals surface area contributed by atoms with Crippen molar-refractivity contribution in [3.63, 3.8) is 0 Å². The summed E-state index contributed by atoms with van der Waals surface area (Å²) in [4.78, 5) is 23.9. The van der Waals surface area contributed by atoms with Crippen LogP contribution in [-0.4, -0.2) is 40.5 Å². The molecule has 1 aromatic carbocycles. The fourth-order valence-corrected chi connectivity index (χ4v) is 1.37. The first kappa shape index (κ1) is 12.7. The standard InChI is InChI=1S/C12H12N4O3/c1-19-11(17)8-13-12(18)10-7-14-16(15-10)9-5-3-2-4-6-9/h2-7H,8H2,1H3,(H,13,18). The maximum Gasteiger partial charge on any atom is 0.325 e. The third-order valence-electron chi connectivity index (χ3n) is 2.33. The molecule has 1 aromatic heterocycles. The minimum atomic E-state index is -0.524. The molecule has 0 saturated heterocycles. The van der Waals surface area contributed by atoms with Crippen molar-refractivity contribution in [2.75, 3.05) is 13.7 Å². The van der Waals surface area contributed by atoms with Crippen LogP contribution in [0.5, 0.6) is 0 Å². The van der Waals surface area contributed by atoms with Gasteiger partial charge in [-0.3, -0.25) is 9.59 Å². The Balaban J connectivity index is 2.05. The molecule has 0 saturated carbocycles. The monoisotopic (exact) mass is 260 g/mol. The summed E-state index contributed by atoms with van der Waals surface area (Å²) in [6.07, 6.45) is 1.33. The number of methoxy groups -OCH3 is 1. The van der Waals surface area contributed by atoms with Gasteiger partial charge in [-0.15, -0.1) is 5.10 Å². The summed E-state index contributed by atoms with van der Waals surface area (Å²) in [7, 11) is 1.25. The van der Waals surface area contributed by atoms with Crippen molar-refractivity contribution in [1.82, 2.24) is 20.3 Å². The Morgan fingerprint density at radius 2 is 2.05 bits per heavy atom. The molecule has 7 nitrogen and oxygen atoms in total. The number of amides is 1. The number of hydrogen-bond acceptors (Lipinski definition) is 5. The molecule has 0 bridgehead atoms. The number of esters is 1. The highest BCUT2D eigenvalue weighted by Gasteiger charge is 2.12. The molecular formula is C12H12N4O3. The largest absolute Gasteiger partial charge is 0.468 e. The summed E-state index contributed by atoms with van der Waals surface area (Å²) >= 11 is 0. The predicted molar refractivity (Wildman–Crippen MR) is 65.7 cm³/mol. The van der Waals surface area contributed by atoms with Crippen LogP contribution in [0.3, 0.4) is 0 Å². The second kappa shape index (κ2) is 5.76. The van der Waals surface area contributed by atoms with Gasteiger partial charge in [0, 0.05) is 0 Å². The van der Waals surface area contributed by atoms with E-state index in [1.165, 1.54) is 18.1 Å². The van der Waals surface area contributed by atoms with E-state index in [1.54, 1.807) is 0 Å². The normalized spacial score (nSPS) is 9.95. The maximum absolute atomic E-state index is 11.7. The van der Waals surface area contributed by atoms with E-state index < -0.39 is 11.9 Å². The molecule has 0 atom stereocenters. The van der Waals surface area contributed by atoms with Gasteiger partial charge in [-0.1, -0.05) is 18.2 Å². The van der Waals surface area contributed by atoms with Crippen molar-refractivity contribution in [1.29, 1.82) is 0 Å². The second-order valence-electron chi connectivity index (χ2n) is 3.61. The lowest BCUT2D eigenvalue weighted by Gasteiger charge is -2.00. The quantitative estimate of drug-likeness (QED) is 0.792. The number of benzene rings is 1. The van der Waals surface area contributed by atoms with E-state index >= 15 is 0 Å². The number of nitrogens with zero attached hydrogens (tertiary/aromatic N) is 3. The molecule has 0 aliphatic heterocycles. The van der Waals surface area contributed by atoms with Crippen LogP contribution in [0.25, 0.3) is 5.69 Å². The van der Waals surface area contributed by atoms with Crippen LogP contribution in [-0.2, 0) is 9.53 Å². The molecule has 7 heteroatoms. The molecule has 1 amide bonds. The summed E-state index contributed by atoms with van der Waals surface area (Å²) < 4.78 is 4.42. The molecule has 0 aliphatic rings. The summed E-state index contributed by atoms with van der Waals surface area (Å²) in [5, 5.41) is 10.4. The zero-order valence-electron chi connectivity index (χ0n) is 10.2. The van der Waals surface area contributed by atoms with Crippen molar-refractivity contribution < 1.29 is 14.3 Å². The molecule has 0 aliphatic carbocycles. The first-order valence-electron chi connectivity index (χ1n) is 5.53. The van der Waals surface area contributed by atoms with Crippen LogP contribution in [0.1, 0.15) is 10.5 Å². The highest BCUT2D eigenvalue weighted by molar-refractivity contribution is 5.93. The third-order valence-corrected chi connectivity index (χ3v) is 2.33. The number of rotatable bonds is 4. The average Bonchev–Trinajstić information content (AvgIpc) is 2.95. The number of aromatic nitrogens is 3. The molecule has 2 aromatic rings. The smallest absolute Gasteiger partial charge is 0.325 e. The van der Waals surface area contributed by atoms with E-state index in [1.807, 2.05) is 30.3 Å². The minimum absolute atomic E-state index is 0.132. The fraction of sp³-hybridized carbons (Fsp3) is 0.167. The number of nitrogens with one attached hydrogen (secondary N) is 1. The number of ether oxygens (including phenoxy) is 1. The van der Waals surface area contributed by atoms with Gasteiger partial charge >= 0.3 is 5.97 Å². The van der Waals surface area contributed by atoms with Crippen molar-refractivity contribution in [2.24, 2.45) is 0 Å². The lowest BCUT2D eigenvalue weighted by Crippen LogP contribution is -2.30. The van der Waals surface area contributed by atoms with Gasteiger partial charge in [-0.2, -0.15) is 9.90 Å². The molecule has 0 unspecified atom stereocenters. The SMILES string of the molecule is COC(=O)CNC(=O)c1cnn(-c2ccccc2)n1. The van der Waals surface area contributed by atoms with Crippen LogP contribution in [0.15, 0.2) is 36.5 Å². The van der Waals surface area contributed by atoms with E-state index in [-0.39, 0.29) is 12.2 Å². The zero-order chi connectivity index (χ0) is 13.7. The van der Waals surface area contributed by atoms with Gasteiger partial charge in [0.15, 0.2) is 5.69 Å². The number of hydrogen-bond donors (Lipinski definition) is 1. The van der Waals surface area contributed by atoms with Crippen LogP contribution in [0, 0.1) is 0 Å². The molecule has 0 fully saturated rings. The Bertz CT molecular complexity index is 580. The van der Waals surface area contributed by atoms with Crippen molar-refractivity contribution >= 4 is 11.9 Å². The van der Waals surface area contributed by atoms with Gasteiger partial charge in [-0.05, 0) is 12.1 Å². The van der Waals surface area contributed by atoms with Crippen LogP contribution in [0.4, 0.5) is 0 Å².